The minimum absolute atomic E-state index is 0.103. The molecule has 0 spiro atoms. The molecule has 0 fully saturated rings. The lowest BCUT2D eigenvalue weighted by Crippen LogP contribution is -2.05. The van der Waals surface area contributed by atoms with E-state index >= 15 is 0 Å². The van der Waals surface area contributed by atoms with Crippen LogP contribution < -0.4 is 4.74 Å². The highest BCUT2D eigenvalue weighted by atomic mass is 16.5. The summed E-state index contributed by atoms with van der Waals surface area (Å²) >= 11 is 0. The maximum absolute atomic E-state index is 10.3. The third-order valence-corrected chi connectivity index (χ3v) is 3.77. The first kappa shape index (κ1) is 13.2. The van der Waals surface area contributed by atoms with Crippen molar-refractivity contribution in [3.8, 4) is 45.6 Å². The number of fused-ring (bicyclic) bond motifs is 3. The van der Waals surface area contributed by atoms with Gasteiger partial charge in [-0.05, 0) is 36.1 Å². The number of ether oxygens (including phenoxy) is 1. The van der Waals surface area contributed by atoms with Gasteiger partial charge in [-0.2, -0.15) is 0 Å². The molecule has 0 atom stereocenters. The fourth-order valence-electron chi connectivity index (χ4n) is 2.81. The van der Waals surface area contributed by atoms with Crippen LogP contribution in [-0.2, 0) is 12.8 Å². The molecule has 1 aliphatic carbocycles. The molecule has 0 bridgehead atoms. The molecule has 0 unspecified atom stereocenters. The van der Waals surface area contributed by atoms with E-state index in [0.29, 0.717) is 29.5 Å². The SMILES string of the molecule is COc1c(O)cc2c(c1O)-c1c(cc(O)c(O)c1O)CC2. The van der Waals surface area contributed by atoms with E-state index in [4.69, 9.17) is 4.74 Å². The molecule has 0 aromatic heterocycles. The largest absolute Gasteiger partial charge is 0.504 e. The van der Waals surface area contributed by atoms with Crippen molar-refractivity contribution >= 4 is 0 Å². The van der Waals surface area contributed by atoms with Crippen molar-refractivity contribution in [2.24, 2.45) is 0 Å². The molecular weight excluding hydrogens is 276 g/mol. The Balaban J connectivity index is 2.40. The molecule has 3 rings (SSSR count). The quantitative estimate of drug-likeness (QED) is 0.514. The number of phenolic OH excluding ortho intramolecular Hbond substituents is 5. The molecule has 5 N–H and O–H groups in total. The molecule has 110 valence electrons. The predicted molar refractivity (Wildman–Crippen MR) is 74.2 cm³/mol. The Morgan fingerprint density at radius 2 is 1.29 bits per heavy atom. The first-order chi connectivity index (χ1) is 9.95. The highest BCUT2D eigenvalue weighted by molar-refractivity contribution is 5.88. The van der Waals surface area contributed by atoms with E-state index in [-0.39, 0.29) is 22.8 Å². The van der Waals surface area contributed by atoms with Crippen LogP contribution >= 0.6 is 0 Å². The van der Waals surface area contributed by atoms with Gasteiger partial charge in [-0.25, -0.2) is 0 Å². The van der Waals surface area contributed by atoms with E-state index in [2.05, 4.69) is 0 Å². The summed E-state index contributed by atoms with van der Waals surface area (Å²) in [5.41, 5.74) is 1.75. The summed E-state index contributed by atoms with van der Waals surface area (Å²) in [7, 11) is 1.30. The van der Waals surface area contributed by atoms with Gasteiger partial charge in [-0.3, -0.25) is 0 Å². The fraction of sp³-hybridized carbons (Fsp3) is 0.200. The summed E-state index contributed by atoms with van der Waals surface area (Å²) in [5.74, 6) is -2.18. The summed E-state index contributed by atoms with van der Waals surface area (Å²) in [4.78, 5) is 0. The molecule has 0 heterocycles. The summed E-state index contributed by atoms with van der Waals surface area (Å²) in [6.45, 7) is 0. The predicted octanol–water partition coefficient (Wildman–Crippen LogP) is 1.99. The number of hydrogen-bond donors (Lipinski definition) is 5. The van der Waals surface area contributed by atoms with Gasteiger partial charge in [0.05, 0.1) is 7.11 Å². The monoisotopic (exact) mass is 290 g/mol. The molecule has 0 saturated heterocycles. The van der Waals surface area contributed by atoms with Crippen LogP contribution in [0.5, 0.6) is 34.5 Å². The molecule has 2 aromatic carbocycles. The van der Waals surface area contributed by atoms with Crippen molar-refractivity contribution in [3.05, 3.63) is 23.3 Å². The van der Waals surface area contributed by atoms with Crippen LogP contribution in [0.2, 0.25) is 0 Å². The van der Waals surface area contributed by atoms with Crippen LogP contribution in [0.25, 0.3) is 11.1 Å². The molecular formula is C15H14O6. The normalized spacial score (nSPS) is 12.6. The molecule has 6 nitrogen and oxygen atoms in total. The third-order valence-electron chi connectivity index (χ3n) is 3.77. The molecule has 1 aliphatic rings. The Kier molecular flexibility index (Phi) is 2.76. The molecule has 21 heavy (non-hydrogen) atoms. The van der Waals surface area contributed by atoms with Crippen molar-refractivity contribution in [1.82, 2.24) is 0 Å². The van der Waals surface area contributed by atoms with Crippen LogP contribution in [0.1, 0.15) is 11.1 Å². The van der Waals surface area contributed by atoms with Gasteiger partial charge in [0, 0.05) is 11.1 Å². The second-order valence-corrected chi connectivity index (χ2v) is 4.94. The average Bonchev–Trinajstić information content (AvgIpc) is 2.45. The van der Waals surface area contributed by atoms with Gasteiger partial charge in [-0.15, -0.1) is 0 Å². The van der Waals surface area contributed by atoms with Crippen molar-refractivity contribution < 1.29 is 30.3 Å². The van der Waals surface area contributed by atoms with Crippen molar-refractivity contribution in [1.29, 1.82) is 0 Å². The molecule has 0 saturated carbocycles. The minimum Gasteiger partial charge on any atom is -0.504 e. The zero-order valence-electron chi connectivity index (χ0n) is 11.2. The Morgan fingerprint density at radius 3 is 1.86 bits per heavy atom. The van der Waals surface area contributed by atoms with Crippen LogP contribution in [0, 0.1) is 0 Å². The number of benzene rings is 2. The Morgan fingerprint density at radius 1 is 0.762 bits per heavy atom. The third kappa shape index (κ3) is 1.72. The summed E-state index contributed by atoms with van der Waals surface area (Å²) in [6, 6.07) is 2.81. The van der Waals surface area contributed by atoms with Crippen molar-refractivity contribution in [3.63, 3.8) is 0 Å². The van der Waals surface area contributed by atoms with Gasteiger partial charge in [-0.1, -0.05) is 0 Å². The lowest BCUT2D eigenvalue weighted by Gasteiger charge is -2.24. The lowest BCUT2D eigenvalue weighted by molar-refractivity contribution is 0.344. The number of aromatic hydroxyl groups is 5. The Bertz CT molecular complexity index is 751. The summed E-state index contributed by atoms with van der Waals surface area (Å²) < 4.78 is 4.96. The van der Waals surface area contributed by atoms with Crippen LogP contribution in [0.4, 0.5) is 0 Å². The average molecular weight is 290 g/mol. The van der Waals surface area contributed by atoms with E-state index in [1.165, 1.54) is 19.2 Å². The van der Waals surface area contributed by atoms with E-state index in [1.807, 2.05) is 0 Å². The maximum atomic E-state index is 10.3. The summed E-state index contributed by atoms with van der Waals surface area (Å²) in [6.07, 6.45) is 1.01. The number of rotatable bonds is 1. The Labute approximate surface area is 120 Å². The molecule has 2 aromatic rings. The van der Waals surface area contributed by atoms with Crippen molar-refractivity contribution in [2.45, 2.75) is 12.8 Å². The van der Waals surface area contributed by atoms with Crippen LogP contribution in [0.3, 0.4) is 0 Å². The highest BCUT2D eigenvalue weighted by Gasteiger charge is 2.29. The van der Waals surface area contributed by atoms with Crippen molar-refractivity contribution in [2.75, 3.05) is 7.11 Å². The standard InChI is InChI=1S/C15H14O6/c1-21-15-9(17)5-7-3-2-6-4-8(16)12(18)13(19)10(6)11(7)14(15)20/h4-5,16-20H,2-3H2,1H3. The maximum Gasteiger partial charge on any atom is 0.203 e. The van der Waals surface area contributed by atoms with Gasteiger partial charge in [0.25, 0.3) is 0 Å². The highest BCUT2D eigenvalue weighted by Crippen LogP contribution is 2.54. The smallest absolute Gasteiger partial charge is 0.203 e. The zero-order valence-corrected chi connectivity index (χ0v) is 11.2. The van der Waals surface area contributed by atoms with Gasteiger partial charge in [0.15, 0.2) is 23.0 Å². The topological polar surface area (TPSA) is 110 Å². The zero-order chi connectivity index (χ0) is 15.3. The minimum atomic E-state index is -0.645. The number of phenols is 5. The lowest BCUT2D eigenvalue weighted by atomic mass is 9.83. The number of methoxy groups -OCH3 is 1. The first-order valence-corrected chi connectivity index (χ1v) is 6.34. The molecule has 0 amide bonds. The van der Waals surface area contributed by atoms with Gasteiger partial charge < -0.3 is 30.3 Å². The van der Waals surface area contributed by atoms with E-state index in [9.17, 15) is 25.5 Å². The fourth-order valence-corrected chi connectivity index (χ4v) is 2.81. The molecule has 0 aliphatic heterocycles. The van der Waals surface area contributed by atoms with E-state index < -0.39 is 17.2 Å². The van der Waals surface area contributed by atoms with Crippen LogP contribution in [0.15, 0.2) is 12.1 Å². The number of hydrogen-bond acceptors (Lipinski definition) is 6. The molecule has 0 radical (unpaired) electrons. The number of aryl methyl sites for hydroxylation is 2. The van der Waals surface area contributed by atoms with Gasteiger partial charge in [0.2, 0.25) is 11.5 Å². The molecule has 6 heteroatoms. The van der Waals surface area contributed by atoms with E-state index in [0.717, 1.165) is 0 Å². The van der Waals surface area contributed by atoms with Gasteiger partial charge >= 0.3 is 0 Å². The second-order valence-electron chi connectivity index (χ2n) is 4.94. The first-order valence-electron chi connectivity index (χ1n) is 6.34. The Hall–Kier alpha value is -2.76. The second kappa shape index (κ2) is 4.37. The summed E-state index contributed by atoms with van der Waals surface area (Å²) in [5, 5.41) is 49.5. The van der Waals surface area contributed by atoms with Crippen LogP contribution in [-0.4, -0.2) is 32.6 Å². The van der Waals surface area contributed by atoms with E-state index in [1.54, 1.807) is 0 Å². The van der Waals surface area contributed by atoms with Gasteiger partial charge in [0.1, 0.15) is 0 Å².